The van der Waals surface area contributed by atoms with Gasteiger partial charge < -0.3 is 15.0 Å². The van der Waals surface area contributed by atoms with E-state index in [0.29, 0.717) is 25.6 Å². The fraction of sp³-hybridized carbons (Fsp3) is 0.548. The molecule has 2 aliphatic rings. The Morgan fingerprint density at radius 1 is 0.973 bits per heavy atom. The number of methoxy groups -OCH3 is 1. The zero-order valence-electron chi connectivity index (χ0n) is 23.0. The van der Waals surface area contributed by atoms with Gasteiger partial charge in [-0.05, 0) is 59.9 Å². The molecule has 6 nitrogen and oxygen atoms in total. The van der Waals surface area contributed by atoms with E-state index in [1.165, 1.54) is 18.4 Å². The van der Waals surface area contributed by atoms with Gasteiger partial charge >= 0.3 is 0 Å². The van der Waals surface area contributed by atoms with Crippen molar-refractivity contribution in [3.63, 3.8) is 0 Å². The Bertz CT molecular complexity index is 1050. The molecular weight excluding hydrogens is 462 g/mol. The first-order chi connectivity index (χ1) is 17.8. The number of piperazine rings is 1. The summed E-state index contributed by atoms with van der Waals surface area (Å²) in [6, 6.07) is 15.9. The molecule has 0 spiro atoms. The largest absolute Gasteiger partial charge is 0.496 e. The topological polar surface area (TPSA) is 61.9 Å². The SMILES string of the molecule is COc1ccccc1CCNC(=O)C(C1CCCC1)N1CCN(C(=O)c2ccc(C(C)(C)C)cc2)CC1. The Balaban J connectivity index is 1.35. The fourth-order valence-electron chi connectivity index (χ4n) is 5.78. The molecule has 6 heteroatoms. The number of benzene rings is 2. The van der Waals surface area contributed by atoms with Gasteiger partial charge in [0.25, 0.3) is 5.91 Å². The number of hydrogen-bond acceptors (Lipinski definition) is 4. The molecule has 1 atom stereocenters. The van der Waals surface area contributed by atoms with Crippen molar-refractivity contribution >= 4 is 11.8 Å². The van der Waals surface area contributed by atoms with E-state index >= 15 is 0 Å². The van der Waals surface area contributed by atoms with Gasteiger partial charge in [0.05, 0.1) is 13.2 Å². The van der Waals surface area contributed by atoms with Crippen LogP contribution in [0.4, 0.5) is 0 Å². The highest BCUT2D eigenvalue weighted by molar-refractivity contribution is 5.94. The van der Waals surface area contributed by atoms with E-state index in [-0.39, 0.29) is 23.3 Å². The lowest BCUT2D eigenvalue weighted by atomic mass is 9.86. The maximum atomic E-state index is 13.5. The van der Waals surface area contributed by atoms with Crippen LogP contribution in [0.2, 0.25) is 0 Å². The van der Waals surface area contributed by atoms with Crippen molar-refractivity contribution in [3.8, 4) is 5.75 Å². The third kappa shape index (κ3) is 6.72. The summed E-state index contributed by atoms with van der Waals surface area (Å²) in [4.78, 5) is 30.9. The van der Waals surface area contributed by atoms with Crippen LogP contribution in [0.5, 0.6) is 5.75 Å². The summed E-state index contributed by atoms with van der Waals surface area (Å²) in [6.07, 6.45) is 5.33. The normalized spacial score (nSPS) is 18.0. The highest BCUT2D eigenvalue weighted by Gasteiger charge is 2.37. The number of amides is 2. The van der Waals surface area contributed by atoms with Crippen molar-refractivity contribution in [1.82, 2.24) is 15.1 Å². The van der Waals surface area contributed by atoms with Crippen LogP contribution in [0.1, 0.15) is 67.9 Å². The molecule has 4 rings (SSSR count). The first-order valence-electron chi connectivity index (χ1n) is 13.8. The van der Waals surface area contributed by atoms with E-state index in [1.54, 1.807) is 7.11 Å². The summed E-state index contributed by atoms with van der Waals surface area (Å²) < 4.78 is 5.46. The van der Waals surface area contributed by atoms with E-state index in [4.69, 9.17) is 4.74 Å². The van der Waals surface area contributed by atoms with Crippen molar-refractivity contribution in [2.75, 3.05) is 39.8 Å². The Hall–Kier alpha value is -2.86. The number of hydrogen-bond donors (Lipinski definition) is 1. The average molecular weight is 506 g/mol. The van der Waals surface area contributed by atoms with Crippen LogP contribution in [-0.2, 0) is 16.6 Å². The lowest BCUT2D eigenvalue weighted by molar-refractivity contribution is -0.129. The summed E-state index contributed by atoms with van der Waals surface area (Å²) in [6.45, 7) is 9.88. The van der Waals surface area contributed by atoms with Gasteiger partial charge in [-0.25, -0.2) is 0 Å². The van der Waals surface area contributed by atoms with Gasteiger partial charge in [-0.2, -0.15) is 0 Å². The molecule has 0 bridgehead atoms. The summed E-state index contributed by atoms with van der Waals surface area (Å²) in [7, 11) is 1.68. The van der Waals surface area contributed by atoms with E-state index in [9.17, 15) is 9.59 Å². The molecule has 1 unspecified atom stereocenters. The van der Waals surface area contributed by atoms with Crippen LogP contribution in [0.15, 0.2) is 48.5 Å². The molecule has 2 aromatic rings. The third-order valence-electron chi connectivity index (χ3n) is 7.99. The summed E-state index contributed by atoms with van der Waals surface area (Å²) in [5.41, 5.74) is 3.13. The number of para-hydroxylation sites is 1. The molecule has 1 saturated heterocycles. The number of ether oxygens (including phenoxy) is 1. The van der Waals surface area contributed by atoms with E-state index < -0.39 is 0 Å². The van der Waals surface area contributed by atoms with Crippen LogP contribution in [0.3, 0.4) is 0 Å². The van der Waals surface area contributed by atoms with Crippen molar-refractivity contribution in [3.05, 3.63) is 65.2 Å². The Morgan fingerprint density at radius 2 is 1.62 bits per heavy atom. The minimum absolute atomic E-state index is 0.0657. The van der Waals surface area contributed by atoms with Gasteiger partial charge in [-0.3, -0.25) is 14.5 Å². The zero-order valence-corrected chi connectivity index (χ0v) is 23.0. The lowest BCUT2D eigenvalue weighted by Gasteiger charge is -2.40. The number of carbonyl (C=O) groups is 2. The Kier molecular flexibility index (Phi) is 8.91. The van der Waals surface area contributed by atoms with Crippen LogP contribution < -0.4 is 10.1 Å². The molecule has 0 aromatic heterocycles. The predicted molar refractivity (Wildman–Crippen MR) is 148 cm³/mol. The number of nitrogens with one attached hydrogen (secondary N) is 1. The number of rotatable bonds is 8. The highest BCUT2D eigenvalue weighted by atomic mass is 16.5. The summed E-state index contributed by atoms with van der Waals surface area (Å²) >= 11 is 0. The second kappa shape index (κ2) is 12.1. The van der Waals surface area contributed by atoms with Gasteiger partial charge in [-0.15, -0.1) is 0 Å². The van der Waals surface area contributed by atoms with Gasteiger partial charge in [0.15, 0.2) is 0 Å². The standard InChI is InChI=1S/C31H43N3O3/c1-31(2,3)26-15-13-25(14-16-26)30(36)34-21-19-33(20-22-34)28(24-10-5-6-11-24)29(35)32-18-17-23-9-7-8-12-27(23)37-4/h7-9,12-16,24,28H,5-6,10-11,17-22H2,1-4H3,(H,32,35). The van der Waals surface area contributed by atoms with Gasteiger partial charge in [-0.1, -0.05) is 63.9 Å². The Morgan fingerprint density at radius 3 is 2.24 bits per heavy atom. The van der Waals surface area contributed by atoms with Gasteiger partial charge in [0, 0.05) is 38.3 Å². The van der Waals surface area contributed by atoms with Crippen molar-refractivity contribution < 1.29 is 14.3 Å². The maximum Gasteiger partial charge on any atom is 0.253 e. The molecular formula is C31H43N3O3. The van der Waals surface area contributed by atoms with E-state index in [1.807, 2.05) is 41.3 Å². The van der Waals surface area contributed by atoms with Gasteiger partial charge in [0.1, 0.15) is 5.75 Å². The molecule has 1 saturated carbocycles. The quantitative estimate of drug-likeness (QED) is 0.567. The summed E-state index contributed by atoms with van der Waals surface area (Å²) in [5.74, 6) is 1.45. The molecule has 200 valence electrons. The van der Waals surface area contributed by atoms with Crippen LogP contribution in [0, 0.1) is 5.92 Å². The molecule has 1 aliphatic carbocycles. The minimum atomic E-state index is -0.122. The molecule has 2 amide bonds. The lowest BCUT2D eigenvalue weighted by Crippen LogP contribution is -2.58. The van der Waals surface area contributed by atoms with Crippen molar-refractivity contribution in [2.45, 2.75) is 64.3 Å². The Labute approximate surface area is 222 Å². The van der Waals surface area contributed by atoms with Gasteiger partial charge in [0.2, 0.25) is 5.91 Å². The average Bonchev–Trinajstić information content (AvgIpc) is 3.43. The van der Waals surface area contributed by atoms with Crippen molar-refractivity contribution in [1.29, 1.82) is 0 Å². The van der Waals surface area contributed by atoms with Crippen molar-refractivity contribution in [2.24, 2.45) is 5.92 Å². The van der Waals surface area contributed by atoms with E-state index in [2.05, 4.69) is 43.1 Å². The van der Waals surface area contributed by atoms with Crippen LogP contribution >= 0.6 is 0 Å². The van der Waals surface area contributed by atoms with E-state index in [0.717, 1.165) is 49.2 Å². The minimum Gasteiger partial charge on any atom is -0.496 e. The smallest absolute Gasteiger partial charge is 0.253 e. The van der Waals surface area contributed by atoms with Crippen LogP contribution in [-0.4, -0.2) is 67.5 Å². The second-order valence-corrected chi connectivity index (χ2v) is 11.5. The molecule has 0 radical (unpaired) electrons. The number of carbonyl (C=O) groups excluding carboxylic acids is 2. The third-order valence-corrected chi connectivity index (χ3v) is 7.99. The highest BCUT2D eigenvalue weighted by Crippen LogP contribution is 2.31. The van der Waals surface area contributed by atoms with Crippen LogP contribution in [0.25, 0.3) is 0 Å². The monoisotopic (exact) mass is 505 g/mol. The first-order valence-corrected chi connectivity index (χ1v) is 13.8. The molecule has 1 N–H and O–H groups in total. The molecule has 37 heavy (non-hydrogen) atoms. The molecule has 2 aromatic carbocycles. The molecule has 1 aliphatic heterocycles. The zero-order chi connectivity index (χ0) is 26.4. The predicted octanol–water partition coefficient (Wildman–Crippen LogP) is 4.67. The maximum absolute atomic E-state index is 13.5. The molecule has 1 heterocycles. The molecule has 2 fully saturated rings. The second-order valence-electron chi connectivity index (χ2n) is 11.5. The first kappa shape index (κ1) is 27.2. The summed E-state index contributed by atoms with van der Waals surface area (Å²) in [5, 5.41) is 3.22. The fourth-order valence-corrected chi connectivity index (χ4v) is 5.78. The number of nitrogens with zero attached hydrogens (tertiary/aromatic N) is 2.